The lowest BCUT2D eigenvalue weighted by Gasteiger charge is -2.10. The number of ether oxygens (including phenoxy) is 2. The van der Waals surface area contributed by atoms with Crippen LogP contribution in [-0.4, -0.2) is 19.1 Å². The number of carbonyl (C=O) groups is 1. The molecule has 128 valence electrons. The fourth-order valence-electron chi connectivity index (χ4n) is 2.40. The largest absolute Gasteiger partial charge is 0.494 e. The second-order valence-electron chi connectivity index (χ2n) is 5.73. The van der Waals surface area contributed by atoms with E-state index in [0.717, 1.165) is 22.7 Å². The van der Waals surface area contributed by atoms with Gasteiger partial charge in [0.1, 0.15) is 11.5 Å². The Kier molecular flexibility index (Phi) is 6.67. The van der Waals surface area contributed by atoms with Crippen LogP contribution in [0.5, 0.6) is 11.5 Å². The number of carbonyl (C=O) groups excluding carboxylic acids is 1. The van der Waals surface area contributed by atoms with Crippen LogP contribution in [0.4, 0.5) is 5.69 Å². The van der Waals surface area contributed by atoms with Crippen LogP contribution in [0.1, 0.15) is 30.9 Å². The Bertz CT molecular complexity index is 665. The van der Waals surface area contributed by atoms with Crippen LogP contribution in [0, 0.1) is 13.8 Å². The summed E-state index contributed by atoms with van der Waals surface area (Å²) in [5.74, 6) is 1.67. The standard InChI is InChI=1S/C20H25NO3/c1-4-23-18-10-8-17(9-11-18)21-20(22)6-5-13-24-19-12-7-15(2)14-16(19)3/h7-12,14H,4-6,13H2,1-3H3,(H,21,22). The average molecular weight is 327 g/mol. The lowest BCUT2D eigenvalue weighted by atomic mass is 10.1. The molecule has 0 aliphatic carbocycles. The fourth-order valence-corrected chi connectivity index (χ4v) is 2.40. The maximum absolute atomic E-state index is 11.9. The van der Waals surface area contributed by atoms with Crippen LogP contribution < -0.4 is 14.8 Å². The summed E-state index contributed by atoms with van der Waals surface area (Å²) in [6, 6.07) is 13.5. The van der Waals surface area contributed by atoms with Crippen LogP contribution >= 0.6 is 0 Å². The lowest BCUT2D eigenvalue weighted by molar-refractivity contribution is -0.116. The van der Waals surface area contributed by atoms with E-state index in [0.29, 0.717) is 26.1 Å². The molecule has 0 bridgehead atoms. The molecule has 0 radical (unpaired) electrons. The summed E-state index contributed by atoms with van der Waals surface area (Å²) in [7, 11) is 0. The average Bonchev–Trinajstić information content (AvgIpc) is 2.55. The van der Waals surface area contributed by atoms with Crippen molar-refractivity contribution in [1.82, 2.24) is 0 Å². The maximum Gasteiger partial charge on any atom is 0.224 e. The summed E-state index contributed by atoms with van der Waals surface area (Å²) in [5.41, 5.74) is 3.11. The molecule has 0 aliphatic heterocycles. The zero-order valence-corrected chi connectivity index (χ0v) is 14.6. The Morgan fingerprint density at radius 3 is 2.46 bits per heavy atom. The highest BCUT2D eigenvalue weighted by Gasteiger charge is 2.04. The third kappa shape index (κ3) is 5.61. The third-order valence-corrected chi connectivity index (χ3v) is 3.59. The molecule has 0 spiro atoms. The minimum Gasteiger partial charge on any atom is -0.494 e. The molecule has 0 unspecified atom stereocenters. The molecular weight excluding hydrogens is 302 g/mol. The molecule has 2 rings (SSSR count). The quantitative estimate of drug-likeness (QED) is 0.726. The molecule has 0 heterocycles. The first-order valence-corrected chi connectivity index (χ1v) is 8.31. The Hall–Kier alpha value is -2.49. The van der Waals surface area contributed by atoms with Crippen molar-refractivity contribution in [3.05, 3.63) is 53.6 Å². The molecule has 0 fully saturated rings. The number of aryl methyl sites for hydroxylation is 2. The molecule has 2 aromatic rings. The van der Waals surface area contributed by atoms with Crippen molar-refractivity contribution in [1.29, 1.82) is 0 Å². The number of rotatable bonds is 8. The van der Waals surface area contributed by atoms with E-state index < -0.39 is 0 Å². The summed E-state index contributed by atoms with van der Waals surface area (Å²) in [5, 5.41) is 2.88. The zero-order valence-electron chi connectivity index (χ0n) is 14.6. The minimum atomic E-state index is -0.0108. The number of amides is 1. The molecule has 0 aliphatic rings. The van der Waals surface area contributed by atoms with Crippen molar-refractivity contribution in [2.45, 2.75) is 33.6 Å². The maximum atomic E-state index is 11.9. The Morgan fingerprint density at radius 2 is 1.79 bits per heavy atom. The van der Waals surface area contributed by atoms with Gasteiger partial charge in [-0.2, -0.15) is 0 Å². The first-order valence-electron chi connectivity index (χ1n) is 8.31. The van der Waals surface area contributed by atoms with Gasteiger partial charge in [0.25, 0.3) is 0 Å². The van der Waals surface area contributed by atoms with Gasteiger partial charge in [-0.25, -0.2) is 0 Å². The molecule has 4 heteroatoms. The second-order valence-corrected chi connectivity index (χ2v) is 5.73. The van der Waals surface area contributed by atoms with Crippen molar-refractivity contribution < 1.29 is 14.3 Å². The van der Waals surface area contributed by atoms with Gasteiger partial charge in [-0.3, -0.25) is 4.79 Å². The van der Waals surface area contributed by atoms with E-state index in [1.54, 1.807) is 0 Å². The van der Waals surface area contributed by atoms with Gasteiger partial charge in [0.2, 0.25) is 5.91 Å². The predicted octanol–water partition coefficient (Wildman–Crippen LogP) is 4.50. The Morgan fingerprint density at radius 1 is 1.04 bits per heavy atom. The van der Waals surface area contributed by atoms with Crippen molar-refractivity contribution in [2.24, 2.45) is 0 Å². The minimum absolute atomic E-state index is 0.0108. The molecule has 0 saturated heterocycles. The van der Waals surface area contributed by atoms with E-state index in [2.05, 4.69) is 18.3 Å². The monoisotopic (exact) mass is 327 g/mol. The van der Waals surface area contributed by atoms with E-state index in [1.165, 1.54) is 5.56 Å². The molecule has 24 heavy (non-hydrogen) atoms. The van der Waals surface area contributed by atoms with Crippen LogP contribution in [0.25, 0.3) is 0 Å². The highest BCUT2D eigenvalue weighted by Crippen LogP contribution is 2.19. The SMILES string of the molecule is CCOc1ccc(NC(=O)CCCOc2ccc(C)cc2C)cc1. The highest BCUT2D eigenvalue weighted by atomic mass is 16.5. The molecular formula is C20H25NO3. The summed E-state index contributed by atoms with van der Waals surface area (Å²) >= 11 is 0. The Labute approximate surface area is 143 Å². The topological polar surface area (TPSA) is 47.6 Å². The summed E-state index contributed by atoms with van der Waals surface area (Å²) in [6.07, 6.45) is 1.11. The number of anilines is 1. The van der Waals surface area contributed by atoms with E-state index in [4.69, 9.17) is 9.47 Å². The fraction of sp³-hybridized carbons (Fsp3) is 0.350. The molecule has 1 N–H and O–H groups in total. The zero-order chi connectivity index (χ0) is 17.4. The van der Waals surface area contributed by atoms with Crippen molar-refractivity contribution >= 4 is 11.6 Å². The first kappa shape index (κ1) is 17.9. The van der Waals surface area contributed by atoms with Gasteiger partial charge < -0.3 is 14.8 Å². The smallest absolute Gasteiger partial charge is 0.224 e. The van der Waals surface area contributed by atoms with Crippen LogP contribution in [-0.2, 0) is 4.79 Å². The van der Waals surface area contributed by atoms with Crippen LogP contribution in [0.2, 0.25) is 0 Å². The third-order valence-electron chi connectivity index (χ3n) is 3.59. The van der Waals surface area contributed by atoms with Gasteiger partial charge in [-0.05, 0) is 63.1 Å². The number of benzene rings is 2. The van der Waals surface area contributed by atoms with Gasteiger partial charge in [0.05, 0.1) is 13.2 Å². The second kappa shape index (κ2) is 8.96. The van der Waals surface area contributed by atoms with Gasteiger partial charge in [0.15, 0.2) is 0 Å². The molecule has 0 atom stereocenters. The molecule has 0 saturated carbocycles. The number of hydrogen-bond donors (Lipinski definition) is 1. The molecule has 0 aromatic heterocycles. The first-order chi connectivity index (χ1) is 11.6. The van der Waals surface area contributed by atoms with E-state index in [1.807, 2.05) is 50.2 Å². The summed E-state index contributed by atoms with van der Waals surface area (Å²) in [6.45, 7) is 7.19. The van der Waals surface area contributed by atoms with Crippen LogP contribution in [0.15, 0.2) is 42.5 Å². The summed E-state index contributed by atoms with van der Waals surface area (Å²) in [4.78, 5) is 11.9. The van der Waals surface area contributed by atoms with Gasteiger partial charge in [0, 0.05) is 12.1 Å². The van der Waals surface area contributed by atoms with Crippen molar-refractivity contribution in [3.8, 4) is 11.5 Å². The number of nitrogens with one attached hydrogen (secondary N) is 1. The summed E-state index contributed by atoms with van der Waals surface area (Å²) < 4.78 is 11.1. The van der Waals surface area contributed by atoms with Gasteiger partial charge >= 0.3 is 0 Å². The van der Waals surface area contributed by atoms with Crippen molar-refractivity contribution in [3.63, 3.8) is 0 Å². The predicted molar refractivity (Wildman–Crippen MR) is 96.9 cm³/mol. The van der Waals surface area contributed by atoms with E-state index in [-0.39, 0.29) is 5.91 Å². The van der Waals surface area contributed by atoms with E-state index >= 15 is 0 Å². The van der Waals surface area contributed by atoms with Gasteiger partial charge in [-0.1, -0.05) is 17.7 Å². The van der Waals surface area contributed by atoms with Crippen molar-refractivity contribution in [2.75, 3.05) is 18.5 Å². The number of hydrogen-bond acceptors (Lipinski definition) is 3. The van der Waals surface area contributed by atoms with Crippen LogP contribution in [0.3, 0.4) is 0 Å². The Balaban J connectivity index is 1.71. The highest BCUT2D eigenvalue weighted by molar-refractivity contribution is 5.90. The normalized spacial score (nSPS) is 10.3. The molecule has 1 amide bonds. The molecule has 2 aromatic carbocycles. The van der Waals surface area contributed by atoms with Gasteiger partial charge in [-0.15, -0.1) is 0 Å². The lowest BCUT2D eigenvalue weighted by Crippen LogP contribution is -2.12. The van der Waals surface area contributed by atoms with E-state index in [9.17, 15) is 4.79 Å². The molecule has 4 nitrogen and oxygen atoms in total.